The van der Waals surface area contributed by atoms with E-state index >= 15 is 0 Å². The van der Waals surface area contributed by atoms with Gasteiger partial charge in [-0.1, -0.05) is 0 Å². The predicted molar refractivity (Wildman–Crippen MR) is 144 cm³/mol. The van der Waals surface area contributed by atoms with Gasteiger partial charge in [0.15, 0.2) is 0 Å². The van der Waals surface area contributed by atoms with E-state index in [1.54, 1.807) is 14.2 Å². The molecule has 1 heterocycles. The molecule has 0 amide bonds. The number of hydrogen-bond acceptors (Lipinski definition) is 2. The van der Waals surface area contributed by atoms with Gasteiger partial charge in [0, 0.05) is 0 Å². The number of benzene rings is 2. The third-order valence-electron chi connectivity index (χ3n) is 6.50. The van der Waals surface area contributed by atoms with Gasteiger partial charge in [-0.25, -0.2) is 0 Å². The Morgan fingerprint density at radius 3 is 1.03 bits per heavy atom. The fraction of sp³-hybridized carbons (Fsp3) is 0.483. The molecule has 2 aromatic carbocycles. The van der Waals surface area contributed by atoms with Gasteiger partial charge in [0.2, 0.25) is 0 Å². The van der Waals surface area contributed by atoms with Gasteiger partial charge in [0.05, 0.1) is 0 Å². The summed E-state index contributed by atoms with van der Waals surface area (Å²) in [7, 11) is 3.49. The van der Waals surface area contributed by atoms with Crippen molar-refractivity contribution in [2.24, 2.45) is 0 Å². The minimum atomic E-state index is 0.358. The predicted octanol–water partition coefficient (Wildman–Crippen LogP) is 7.48. The molecule has 0 unspecified atom stereocenters. The van der Waals surface area contributed by atoms with Crippen LogP contribution in [0.1, 0.15) is 101 Å². The van der Waals surface area contributed by atoms with Crippen LogP contribution in [0.5, 0.6) is 11.5 Å². The van der Waals surface area contributed by atoms with Crippen molar-refractivity contribution >= 4 is 15.6 Å². The monoisotopic (exact) mass is 528 g/mol. The third kappa shape index (κ3) is 4.92. The molecule has 0 radical (unpaired) electrons. The average molecular weight is 528 g/mol. The summed E-state index contributed by atoms with van der Waals surface area (Å²) in [5, 5.41) is 0. The first kappa shape index (κ1) is 26.4. The number of hydrogen-bond donors (Lipinski definition) is 0. The fourth-order valence-corrected chi connectivity index (χ4v) is 5.21. The third-order valence-corrected chi connectivity index (χ3v) is 7.33. The minimum absolute atomic E-state index is 0.358. The SMILES string of the molecule is COc1cc(C(C)C)c(-n2ccn(-c3c(C(C)C)cc(OC)cc3C(C)C)c2=[Se])c(C(C)C)c1. The van der Waals surface area contributed by atoms with E-state index in [1.807, 2.05) is 0 Å². The van der Waals surface area contributed by atoms with Gasteiger partial charge < -0.3 is 0 Å². The van der Waals surface area contributed by atoms with E-state index in [1.165, 1.54) is 33.6 Å². The summed E-state index contributed by atoms with van der Waals surface area (Å²) in [6.07, 6.45) is 4.37. The zero-order valence-electron chi connectivity index (χ0n) is 22.4. The molecular formula is C29H40N2O2Se. The number of aromatic nitrogens is 2. The van der Waals surface area contributed by atoms with Crippen LogP contribution in [-0.4, -0.2) is 38.9 Å². The Balaban J connectivity index is 2.38. The fourth-order valence-electron chi connectivity index (χ4n) is 4.57. The molecule has 0 saturated heterocycles. The molecule has 0 N–H and O–H groups in total. The van der Waals surface area contributed by atoms with Crippen molar-refractivity contribution in [2.45, 2.75) is 79.1 Å². The van der Waals surface area contributed by atoms with Crippen LogP contribution in [0.15, 0.2) is 36.7 Å². The Kier molecular flexibility index (Phi) is 8.21. The van der Waals surface area contributed by atoms with Gasteiger partial charge >= 0.3 is 214 Å². The van der Waals surface area contributed by atoms with Crippen molar-refractivity contribution in [2.75, 3.05) is 14.2 Å². The second kappa shape index (κ2) is 10.6. The van der Waals surface area contributed by atoms with E-state index in [-0.39, 0.29) is 0 Å². The van der Waals surface area contributed by atoms with Gasteiger partial charge in [0.1, 0.15) is 0 Å². The average Bonchev–Trinajstić information content (AvgIpc) is 3.17. The molecule has 0 fully saturated rings. The Bertz CT molecular complexity index is 1070. The van der Waals surface area contributed by atoms with Crippen molar-refractivity contribution < 1.29 is 9.47 Å². The summed E-state index contributed by atoms with van der Waals surface area (Å²) in [4.78, 5) is 0. The second-order valence-corrected chi connectivity index (χ2v) is 11.0. The van der Waals surface area contributed by atoms with E-state index < -0.39 is 0 Å². The van der Waals surface area contributed by atoms with Crippen molar-refractivity contribution in [1.82, 2.24) is 9.13 Å². The normalized spacial score (nSPS) is 11.8. The van der Waals surface area contributed by atoms with Crippen LogP contribution in [0, 0.1) is 4.32 Å². The van der Waals surface area contributed by atoms with Gasteiger partial charge in [-0.05, 0) is 0 Å². The van der Waals surface area contributed by atoms with E-state index in [9.17, 15) is 0 Å². The summed E-state index contributed by atoms with van der Waals surface area (Å²) >= 11 is 3.40. The van der Waals surface area contributed by atoms with Gasteiger partial charge in [-0.3, -0.25) is 0 Å². The number of rotatable bonds is 8. The quantitative estimate of drug-likeness (QED) is 0.284. The number of ether oxygens (including phenoxy) is 2. The van der Waals surface area contributed by atoms with Crippen LogP contribution in [0.25, 0.3) is 11.4 Å². The van der Waals surface area contributed by atoms with Crippen LogP contribution < -0.4 is 9.47 Å². The maximum atomic E-state index is 5.66. The first-order chi connectivity index (χ1) is 16.0. The van der Waals surface area contributed by atoms with Crippen molar-refractivity contribution in [3.63, 3.8) is 0 Å². The summed E-state index contributed by atoms with van der Waals surface area (Å²) in [6.45, 7) is 18.0. The Labute approximate surface area is 213 Å². The molecule has 3 rings (SSSR count). The van der Waals surface area contributed by atoms with Crippen LogP contribution in [0.4, 0.5) is 0 Å². The van der Waals surface area contributed by atoms with Gasteiger partial charge in [-0.2, -0.15) is 0 Å². The molecule has 0 atom stereocenters. The van der Waals surface area contributed by atoms with Crippen LogP contribution in [0.3, 0.4) is 0 Å². The molecule has 34 heavy (non-hydrogen) atoms. The zero-order valence-corrected chi connectivity index (χ0v) is 24.1. The molecular weight excluding hydrogens is 487 g/mol. The van der Waals surface area contributed by atoms with E-state index in [2.05, 4.69) is 117 Å². The van der Waals surface area contributed by atoms with Crippen LogP contribution in [-0.2, 0) is 0 Å². The molecule has 0 saturated carbocycles. The molecule has 5 heteroatoms. The summed E-state index contributed by atoms with van der Waals surface area (Å²) < 4.78 is 17.0. The Morgan fingerprint density at radius 1 is 0.559 bits per heavy atom. The first-order valence-corrected chi connectivity index (χ1v) is 13.1. The zero-order chi connectivity index (χ0) is 25.3. The number of methoxy groups -OCH3 is 2. The molecule has 0 aliphatic rings. The van der Waals surface area contributed by atoms with Crippen molar-refractivity contribution in [3.8, 4) is 22.9 Å². The molecule has 0 bridgehead atoms. The van der Waals surface area contributed by atoms with Crippen LogP contribution in [0.2, 0.25) is 0 Å². The summed E-state index contributed by atoms with van der Waals surface area (Å²) in [6, 6.07) is 8.73. The van der Waals surface area contributed by atoms with Crippen molar-refractivity contribution in [1.29, 1.82) is 0 Å². The molecule has 4 nitrogen and oxygen atoms in total. The summed E-state index contributed by atoms with van der Waals surface area (Å²) in [5.41, 5.74) is 7.61. The number of nitrogens with zero attached hydrogens (tertiary/aromatic N) is 2. The van der Waals surface area contributed by atoms with Crippen LogP contribution >= 0.6 is 0 Å². The van der Waals surface area contributed by atoms with E-state index in [0.717, 1.165) is 15.8 Å². The number of imidazole rings is 1. The molecule has 1 aromatic heterocycles. The maximum absolute atomic E-state index is 5.66. The van der Waals surface area contributed by atoms with Gasteiger partial charge in [0.25, 0.3) is 0 Å². The summed E-state index contributed by atoms with van der Waals surface area (Å²) in [5.74, 6) is 3.26. The van der Waals surface area contributed by atoms with Gasteiger partial charge in [-0.15, -0.1) is 0 Å². The molecule has 0 spiro atoms. The molecule has 0 aliphatic carbocycles. The first-order valence-electron chi connectivity index (χ1n) is 12.3. The second-order valence-electron chi connectivity index (χ2n) is 10.2. The Hall–Kier alpha value is -2.23. The van der Waals surface area contributed by atoms with Crippen molar-refractivity contribution in [3.05, 3.63) is 63.2 Å². The molecule has 184 valence electrons. The molecule has 0 aliphatic heterocycles. The van der Waals surface area contributed by atoms with E-state index in [0.29, 0.717) is 23.7 Å². The molecule has 3 aromatic rings. The topological polar surface area (TPSA) is 28.3 Å². The van der Waals surface area contributed by atoms with E-state index in [4.69, 9.17) is 9.47 Å². The Morgan fingerprint density at radius 2 is 0.824 bits per heavy atom. The standard InChI is InChI=1S/C29H40N2O2Se/c1-17(2)23-13-21(32-9)14-24(18(3)4)27(23)30-11-12-31(29(30)34)28-25(19(5)6)15-22(33-10)16-26(28)20(7)8/h11-20H,1-10H3.